The molecule has 1 aromatic heterocycles. The molecule has 0 aliphatic carbocycles. The van der Waals surface area contributed by atoms with Gasteiger partial charge in [0.15, 0.2) is 6.10 Å². The lowest BCUT2D eigenvalue weighted by molar-refractivity contribution is -0.154. The van der Waals surface area contributed by atoms with Gasteiger partial charge in [0, 0.05) is 6.54 Å². The van der Waals surface area contributed by atoms with Crippen molar-refractivity contribution < 1.29 is 23.8 Å². The van der Waals surface area contributed by atoms with Crippen LogP contribution in [0.3, 0.4) is 0 Å². The van der Waals surface area contributed by atoms with Crippen molar-refractivity contribution in [2.24, 2.45) is 0 Å². The van der Waals surface area contributed by atoms with Crippen molar-refractivity contribution in [1.82, 2.24) is 4.90 Å². The van der Waals surface area contributed by atoms with E-state index in [1.54, 1.807) is 19.9 Å². The molecule has 1 N–H and O–H groups in total. The van der Waals surface area contributed by atoms with Crippen LogP contribution in [0.1, 0.15) is 21.9 Å². The third-order valence-electron chi connectivity index (χ3n) is 2.90. The number of ether oxygens (including phenoxy) is 1. The average molecular weight is 253 g/mol. The number of aryl methyl sites for hydroxylation is 2. The molecule has 6 nitrogen and oxygen atoms in total. The number of furan rings is 1. The highest BCUT2D eigenvalue weighted by Crippen LogP contribution is 2.17. The first-order valence-corrected chi connectivity index (χ1v) is 5.69. The fourth-order valence-electron chi connectivity index (χ4n) is 2.00. The summed E-state index contributed by atoms with van der Waals surface area (Å²) < 4.78 is 10.4. The van der Waals surface area contributed by atoms with E-state index in [0.717, 1.165) is 0 Å². The summed E-state index contributed by atoms with van der Waals surface area (Å²) in [6.07, 6.45) is -0.948. The summed E-state index contributed by atoms with van der Waals surface area (Å²) in [5.41, 5.74) is 0.485. The lowest BCUT2D eigenvalue weighted by Crippen LogP contribution is -2.48. The number of carbonyl (C=O) groups is 2. The minimum Gasteiger partial charge on any atom is -0.479 e. The van der Waals surface area contributed by atoms with Crippen LogP contribution in [0.5, 0.6) is 0 Å². The van der Waals surface area contributed by atoms with Crippen LogP contribution in [0.2, 0.25) is 0 Å². The Morgan fingerprint density at radius 3 is 2.72 bits per heavy atom. The Bertz CT molecular complexity index is 479. The summed E-state index contributed by atoms with van der Waals surface area (Å²) in [4.78, 5) is 24.6. The van der Waals surface area contributed by atoms with Crippen LogP contribution in [0.4, 0.5) is 0 Å². The molecule has 6 heteroatoms. The van der Waals surface area contributed by atoms with Crippen molar-refractivity contribution in [3.8, 4) is 0 Å². The van der Waals surface area contributed by atoms with Gasteiger partial charge in [-0.2, -0.15) is 0 Å². The SMILES string of the molecule is Cc1cc(C(=O)N2CCOC(C(=O)O)C2)c(C)o1. The second-order valence-corrected chi connectivity index (χ2v) is 4.28. The zero-order chi connectivity index (χ0) is 13.3. The Morgan fingerprint density at radius 2 is 2.17 bits per heavy atom. The van der Waals surface area contributed by atoms with E-state index in [0.29, 0.717) is 23.6 Å². The molecule has 1 aliphatic rings. The molecule has 98 valence electrons. The van der Waals surface area contributed by atoms with Gasteiger partial charge in [-0.3, -0.25) is 4.79 Å². The fourth-order valence-corrected chi connectivity index (χ4v) is 2.00. The van der Waals surface area contributed by atoms with Crippen LogP contribution in [-0.4, -0.2) is 47.7 Å². The summed E-state index contributed by atoms with van der Waals surface area (Å²) in [5.74, 6) is -0.0405. The quantitative estimate of drug-likeness (QED) is 0.844. The maximum atomic E-state index is 12.2. The first-order valence-electron chi connectivity index (χ1n) is 5.69. The van der Waals surface area contributed by atoms with E-state index < -0.39 is 12.1 Å². The Balaban J connectivity index is 2.14. The van der Waals surface area contributed by atoms with E-state index in [1.807, 2.05) is 0 Å². The Kier molecular flexibility index (Phi) is 3.38. The van der Waals surface area contributed by atoms with Crippen LogP contribution in [-0.2, 0) is 9.53 Å². The number of aliphatic carboxylic acids is 1. The van der Waals surface area contributed by atoms with Crippen LogP contribution in [0.15, 0.2) is 10.5 Å². The third kappa shape index (κ3) is 2.38. The molecule has 1 unspecified atom stereocenters. The van der Waals surface area contributed by atoms with Crippen molar-refractivity contribution in [3.63, 3.8) is 0 Å². The predicted octanol–water partition coefficient (Wildman–Crippen LogP) is 0.822. The summed E-state index contributed by atoms with van der Waals surface area (Å²) in [6, 6.07) is 1.67. The van der Waals surface area contributed by atoms with Gasteiger partial charge in [0.2, 0.25) is 0 Å². The number of carbonyl (C=O) groups excluding carboxylic acids is 1. The smallest absolute Gasteiger partial charge is 0.334 e. The molecule has 0 spiro atoms. The third-order valence-corrected chi connectivity index (χ3v) is 2.90. The Morgan fingerprint density at radius 1 is 1.44 bits per heavy atom. The largest absolute Gasteiger partial charge is 0.479 e. The van der Waals surface area contributed by atoms with Gasteiger partial charge in [0.25, 0.3) is 5.91 Å². The zero-order valence-electron chi connectivity index (χ0n) is 10.3. The number of morpholine rings is 1. The molecule has 0 aromatic carbocycles. The van der Waals surface area contributed by atoms with Crippen molar-refractivity contribution in [2.75, 3.05) is 19.7 Å². The van der Waals surface area contributed by atoms with E-state index in [4.69, 9.17) is 14.3 Å². The maximum absolute atomic E-state index is 12.2. The summed E-state index contributed by atoms with van der Waals surface area (Å²) >= 11 is 0. The van der Waals surface area contributed by atoms with Gasteiger partial charge in [-0.1, -0.05) is 0 Å². The van der Waals surface area contributed by atoms with Crippen molar-refractivity contribution in [3.05, 3.63) is 23.2 Å². The molecule has 18 heavy (non-hydrogen) atoms. The van der Waals surface area contributed by atoms with Crippen molar-refractivity contribution in [1.29, 1.82) is 0 Å². The van der Waals surface area contributed by atoms with E-state index >= 15 is 0 Å². The van der Waals surface area contributed by atoms with Gasteiger partial charge >= 0.3 is 5.97 Å². The van der Waals surface area contributed by atoms with Crippen LogP contribution < -0.4 is 0 Å². The molecule has 0 saturated carbocycles. The molecule has 0 radical (unpaired) electrons. The number of hydrogen-bond donors (Lipinski definition) is 1. The molecule has 2 heterocycles. The number of carboxylic acids is 1. The Hall–Kier alpha value is -1.82. The topological polar surface area (TPSA) is 80.0 Å². The van der Waals surface area contributed by atoms with E-state index in [2.05, 4.69) is 0 Å². The molecule has 1 aliphatic heterocycles. The molecular formula is C12H15NO5. The second kappa shape index (κ2) is 4.81. The summed E-state index contributed by atoms with van der Waals surface area (Å²) in [6.45, 7) is 4.18. The first kappa shape index (κ1) is 12.6. The van der Waals surface area contributed by atoms with Crippen molar-refractivity contribution in [2.45, 2.75) is 20.0 Å². The lowest BCUT2D eigenvalue weighted by Gasteiger charge is -2.30. The van der Waals surface area contributed by atoms with Gasteiger partial charge in [-0.15, -0.1) is 0 Å². The number of hydrogen-bond acceptors (Lipinski definition) is 4. The first-order chi connectivity index (χ1) is 8.49. The molecule has 1 saturated heterocycles. The summed E-state index contributed by atoms with van der Waals surface area (Å²) in [5, 5.41) is 8.89. The number of rotatable bonds is 2. The molecular weight excluding hydrogens is 238 g/mol. The van der Waals surface area contributed by atoms with Gasteiger partial charge in [-0.25, -0.2) is 4.79 Å². The highest BCUT2D eigenvalue weighted by Gasteiger charge is 2.30. The standard InChI is InChI=1S/C12H15NO5/c1-7-5-9(8(2)18-7)11(14)13-3-4-17-10(6-13)12(15)16/h5,10H,3-4,6H2,1-2H3,(H,15,16). The van der Waals surface area contributed by atoms with Crippen LogP contribution >= 0.6 is 0 Å². The van der Waals surface area contributed by atoms with Gasteiger partial charge < -0.3 is 19.2 Å². The lowest BCUT2D eigenvalue weighted by atomic mass is 10.2. The van der Waals surface area contributed by atoms with E-state index in [9.17, 15) is 9.59 Å². The molecule has 0 bridgehead atoms. The van der Waals surface area contributed by atoms with Gasteiger partial charge in [0.05, 0.1) is 18.7 Å². The average Bonchev–Trinajstić information content (AvgIpc) is 2.67. The minimum absolute atomic E-state index is 0.0673. The minimum atomic E-state index is -1.05. The maximum Gasteiger partial charge on any atom is 0.334 e. The second-order valence-electron chi connectivity index (χ2n) is 4.28. The summed E-state index contributed by atoms with van der Waals surface area (Å²) in [7, 11) is 0. The molecule has 1 fully saturated rings. The van der Waals surface area contributed by atoms with E-state index in [1.165, 1.54) is 4.90 Å². The number of carboxylic acid groups (broad SMARTS) is 1. The van der Waals surface area contributed by atoms with Crippen LogP contribution in [0.25, 0.3) is 0 Å². The van der Waals surface area contributed by atoms with Crippen LogP contribution in [0, 0.1) is 13.8 Å². The number of amides is 1. The normalized spacial score (nSPS) is 19.9. The predicted molar refractivity (Wildman–Crippen MR) is 61.5 cm³/mol. The highest BCUT2D eigenvalue weighted by molar-refractivity contribution is 5.95. The molecule has 1 aromatic rings. The molecule has 2 rings (SSSR count). The monoisotopic (exact) mass is 253 g/mol. The zero-order valence-corrected chi connectivity index (χ0v) is 10.3. The van der Waals surface area contributed by atoms with E-state index in [-0.39, 0.29) is 19.1 Å². The fraction of sp³-hybridized carbons (Fsp3) is 0.500. The number of nitrogens with zero attached hydrogens (tertiary/aromatic N) is 1. The molecule has 1 atom stereocenters. The molecule has 1 amide bonds. The van der Waals surface area contributed by atoms with Gasteiger partial charge in [0.1, 0.15) is 11.5 Å². The van der Waals surface area contributed by atoms with Crippen molar-refractivity contribution >= 4 is 11.9 Å². The highest BCUT2D eigenvalue weighted by atomic mass is 16.5. The van der Waals surface area contributed by atoms with Gasteiger partial charge in [-0.05, 0) is 19.9 Å². The Labute approximate surface area is 104 Å².